The number of rotatable bonds is 7. The van der Waals surface area contributed by atoms with Crippen molar-refractivity contribution in [3.63, 3.8) is 0 Å². The van der Waals surface area contributed by atoms with Gasteiger partial charge in [-0.15, -0.1) is 11.8 Å². The number of thioether (sulfide) groups is 1. The quantitative estimate of drug-likeness (QED) is 0.637. The van der Waals surface area contributed by atoms with Gasteiger partial charge in [-0.3, -0.25) is 0 Å². The molecule has 0 spiro atoms. The Hall–Kier alpha value is -2.03. The molecule has 3 fully saturated rings. The lowest BCUT2D eigenvalue weighted by molar-refractivity contribution is -0.0111. The third-order valence-electron chi connectivity index (χ3n) is 6.44. The van der Waals surface area contributed by atoms with E-state index in [9.17, 15) is 0 Å². The lowest BCUT2D eigenvalue weighted by Crippen LogP contribution is -2.53. The van der Waals surface area contributed by atoms with Crippen molar-refractivity contribution in [1.29, 1.82) is 0 Å². The number of nitrogen functional groups attached to an aromatic ring is 1. The number of nitrogens with zero attached hydrogens (tertiary/aromatic N) is 4. The van der Waals surface area contributed by atoms with Gasteiger partial charge in [-0.2, -0.15) is 0 Å². The Morgan fingerprint density at radius 1 is 0.968 bits per heavy atom. The van der Waals surface area contributed by atoms with Crippen LogP contribution in [0.15, 0.2) is 35.5 Å². The number of hydrogen-bond donors (Lipinski definition) is 2. The van der Waals surface area contributed by atoms with E-state index in [-0.39, 0.29) is 0 Å². The summed E-state index contributed by atoms with van der Waals surface area (Å²) in [6.45, 7) is 6.01. The molecule has 3 aliphatic heterocycles. The second-order valence-electron chi connectivity index (χ2n) is 8.75. The Kier molecular flexibility index (Phi) is 6.47. The van der Waals surface area contributed by atoms with Gasteiger partial charge in [-0.25, -0.2) is 9.97 Å². The average molecular weight is 441 g/mol. The van der Waals surface area contributed by atoms with Crippen LogP contribution in [0.4, 0.5) is 17.3 Å². The number of nitrogens with two attached hydrogens (primary N) is 1. The first kappa shape index (κ1) is 20.8. The van der Waals surface area contributed by atoms with E-state index in [4.69, 9.17) is 10.5 Å². The van der Waals surface area contributed by atoms with Gasteiger partial charge in [0.1, 0.15) is 11.6 Å². The summed E-state index contributed by atoms with van der Waals surface area (Å²) in [5.74, 6) is 2.99. The summed E-state index contributed by atoms with van der Waals surface area (Å²) < 4.78 is 5.27. The van der Waals surface area contributed by atoms with E-state index >= 15 is 0 Å². The smallest absolute Gasteiger partial charge is 0.129 e. The predicted molar refractivity (Wildman–Crippen MR) is 127 cm³/mol. The van der Waals surface area contributed by atoms with E-state index in [1.54, 1.807) is 11.8 Å². The van der Waals surface area contributed by atoms with Crippen LogP contribution >= 0.6 is 11.8 Å². The number of aromatic nitrogens is 2. The summed E-state index contributed by atoms with van der Waals surface area (Å²) >= 11 is 1.76. The molecule has 2 aromatic heterocycles. The van der Waals surface area contributed by atoms with Gasteiger partial charge in [0.25, 0.3) is 0 Å². The van der Waals surface area contributed by atoms with E-state index in [0.29, 0.717) is 12.1 Å². The molecule has 0 aromatic carbocycles. The molecule has 0 bridgehead atoms. The van der Waals surface area contributed by atoms with Gasteiger partial charge < -0.3 is 25.6 Å². The summed E-state index contributed by atoms with van der Waals surface area (Å²) in [4.78, 5) is 15.1. The third kappa shape index (κ3) is 5.07. The van der Waals surface area contributed by atoms with E-state index in [0.717, 1.165) is 80.2 Å². The van der Waals surface area contributed by atoms with Crippen molar-refractivity contribution in [2.75, 3.05) is 54.9 Å². The summed E-state index contributed by atoms with van der Waals surface area (Å²) in [6.07, 6.45) is 8.63. The average Bonchev–Trinajstić information content (AvgIpc) is 3.32. The first-order chi connectivity index (χ1) is 15.2. The highest BCUT2D eigenvalue weighted by atomic mass is 32.2. The maximum Gasteiger partial charge on any atom is 0.129 e. The maximum absolute atomic E-state index is 6.24. The fourth-order valence-electron chi connectivity index (χ4n) is 4.47. The molecule has 7 nitrogen and oxygen atoms in total. The van der Waals surface area contributed by atoms with Crippen molar-refractivity contribution in [2.24, 2.45) is 0 Å². The third-order valence-corrected chi connectivity index (χ3v) is 7.58. The largest absolute Gasteiger partial charge is 0.397 e. The van der Waals surface area contributed by atoms with Gasteiger partial charge >= 0.3 is 0 Å². The Labute approximate surface area is 188 Å². The van der Waals surface area contributed by atoms with Gasteiger partial charge in [0.2, 0.25) is 0 Å². The van der Waals surface area contributed by atoms with Crippen molar-refractivity contribution >= 4 is 29.1 Å². The van der Waals surface area contributed by atoms with Gasteiger partial charge in [0, 0.05) is 49.1 Å². The second kappa shape index (κ2) is 9.63. The van der Waals surface area contributed by atoms with Crippen LogP contribution in [0, 0.1) is 0 Å². The fraction of sp³-hybridized carbons (Fsp3) is 0.565. The highest BCUT2D eigenvalue weighted by molar-refractivity contribution is 7.98. The van der Waals surface area contributed by atoms with Crippen LogP contribution in [0.1, 0.15) is 31.2 Å². The monoisotopic (exact) mass is 440 g/mol. The number of anilines is 3. The zero-order valence-electron chi connectivity index (χ0n) is 18.0. The Morgan fingerprint density at radius 3 is 2.39 bits per heavy atom. The SMILES string of the molecule is Nc1cnc(N2CCC(NC3COC3)CC2)cc1SCc1ccc(N2CCCC2)nc1. The Bertz CT molecular complexity index is 861. The summed E-state index contributed by atoms with van der Waals surface area (Å²) in [5, 5.41) is 3.70. The van der Waals surface area contributed by atoms with Crippen LogP contribution in [-0.4, -0.2) is 61.4 Å². The summed E-state index contributed by atoms with van der Waals surface area (Å²) in [5.41, 5.74) is 8.21. The van der Waals surface area contributed by atoms with E-state index in [2.05, 4.69) is 43.3 Å². The van der Waals surface area contributed by atoms with Crippen LogP contribution in [-0.2, 0) is 10.5 Å². The number of pyridine rings is 2. The Morgan fingerprint density at radius 2 is 1.71 bits per heavy atom. The molecule has 0 atom stereocenters. The van der Waals surface area contributed by atoms with Gasteiger partial charge in [-0.1, -0.05) is 6.07 Å². The molecule has 31 heavy (non-hydrogen) atoms. The maximum atomic E-state index is 6.24. The molecule has 0 aliphatic carbocycles. The predicted octanol–water partition coefficient (Wildman–Crippen LogP) is 2.91. The van der Waals surface area contributed by atoms with Crippen LogP contribution in [0.25, 0.3) is 0 Å². The van der Waals surface area contributed by atoms with E-state index < -0.39 is 0 Å². The van der Waals surface area contributed by atoms with Crippen LogP contribution in [0.3, 0.4) is 0 Å². The van der Waals surface area contributed by atoms with E-state index in [1.807, 2.05) is 12.4 Å². The number of hydrogen-bond acceptors (Lipinski definition) is 8. The molecule has 5 rings (SSSR count). The number of piperidine rings is 1. The topological polar surface area (TPSA) is 79.5 Å². The number of nitrogens with one attached hydrogen (secondary N) is 1. The molecule has 0 radical (unpaired) electrons. The molecule has 8 heteroatoms. The molecule has 5 heterocycles. The van der Waals surface area contributed by atoms with Gasteiger partial charge in [-0.05, 0) is 43.4 Å². The van der Waals surface area contributed by atoms with Gasteiger partial charge in [0.15, 0.2) is 0 Å². The zero-order chi connectivity index (χ0) is 21.0. The molecule has 0 amide bonds. The van der Waals surface area contributed by atoms with Crippen LogP contribution in [0.5, 0.6) is 0 Å². The molecule has 2 aromatic rings. The van der Waals surface area contributed by atoms with Crippen molar-refractivity contribution in [3.8, 4) is 0 Å². The normalized spacial score (nSPS) is 20.3. The standard InChI is InChI=1S/C23H32N6OS/c24-20-13-26-23(29-9-5-18(6-10-29)27-19-14-30-15-19)11-21(20)31-16-17-3-4-22(25-12-17)28-7-1-2-8-28/h3-4,11-13,18-19,27H,1-2,5-10,14-16,24H2. The minimum Gasteiger partial charge on any atom is -0.397 e. The molecule has 3 N–H and O–H groups in total. The van der Waals surface area contributed by atoms with E-state index in [1.165, 1.54) is 18.4 Å². The lowest BCUT2D eigenvalue weighted by Gasteiger charge is -2.37. The molecule has 3 aliphatic rings. The summed E-state index contributed by atoms with van der Waals surface area (Å²) in [6, 6.07) is 7.63. The molecular formula is C23H32N6OS. The highest BCUT2D eigenvalue weighted by Crippen LogP contribution is 2.31. The van der Waals surface area contributed by atoms with Crippen molar-refractivity contribution in [3.05, 3.63) is 36.2 Å². The number of ether oxygens (including phenoxy) is 1. The van der Waals surface area contributed by atoms with Crippen LogP contribution in [0.2, 0.25) is 0 Å². The Balaban J connectivity index is 1.16. The minimum absolute atomic E-state index is 0.549. The van der Waals surface area contributed by atoms with Crippen molar-refractivity contribution in [1.82, 2.24) is 15.3 Å². The van der Waals surface area contributed by atoms with Gasteiger partial charge in [0.05, 0.1) is 31.1 Å². The van der Waals surface area contributed by atoms with Crippen molar-refractivity contribution in [2.45, 2.75) is 48.4 Å². The fourth-order valence-corrected chi connectivity index (χ4v) is 5.37. The molecule has 166 valence electrons. The summed E-state index contributed by atoms with van der Waals surface area (Å²) in [7, 11) is 0. The first-order valence-corrected chi connectivity index (χ1v) is 12.4. The minimum atomic E-state index is 0.549. The van der Waals surface area contributed by atoms with Crippen molar-refractivity contribution < 1.29 is 4.74 Å². The molecule has 3 saturated heterocycles. The van der Waals surface area contributed by atoms with Crippen LogP contribution < -0.4 is 20.9 Å². The lowest BCUT2D eigenvalue weighted by atomic mass is 10.0. The highest BCUT2D eigenvalue weighted by Gasteiger charge is 2.26. The second-order valence-corrected chi connectivity index (χ2v) is 9.77. The zero-order valence-corrected chi connectivity index (χ0v) is 18.8. The molecular weight excluding hydrogens is 408 g/mol. The first-order valence-electron chi connectivity index (χ1n) is 11.4. The molecule has 0 saturated carbocycles. The molecule has 0 unspecified atom stereocenters.